The van der Waals surface area contributed by atoms with Crippen molar-refractivity contribution in [1.82, 2.24) is 10.2 Å². The summed E-state index contributed by atoms with van der Waals surface area (Å²) in [5.41, 5.74) is 0. The van der Waals surface area contributed by atoms with Crippen molar-refractivity contribution in [2.45, 2.75) is 52.2 Å². The van der Waals surface area contributed by atoms with Gasteiger partial charge in [0.15, 0.2) is 0 Å². The SMILES string of the molecule is CCCC(CNC(=O)N1CC(C)OCC1CC)C(=O)O. The minimum Gasteiger partial charge on any atom is -0.481 e. The van der Waals surface area contributed by atoms with E-state index < -0.39 is 11.9 Å². The van der Waals surface area contributed by atoms with E-state index in [4.69, 9.17) is 9.84 Å². The summed E-state index contributed by atoms with van der Waals surface area (Å²) in [6.07, 6.45) is 2.22. The van der Waals surface area contributed by atoms with Crippen molar-refractivity contribution < 1.29 is 19.4 Å². The molecule has 1 aliphatic rings. The van der Waals surface area contributed by atoms with E-state index in [-0.39, 0.29) is 24.7 Å². The fraction of sp³-hybridized carbons (Fsp3) is 0.857. The summed E-state index contributed by atoms with van der Waals surface area (Å²) in [4.78, 5) is 25.0. The number of hydrogen-bond donors (Lipinski definition) is 2. The lowest BCUT2D eigenvalue weighted by molar-refractivity contribution is -0.141. The van der Waals surface area contributed by atoms with E-state index >= 15 is 0 Å². The maximum absolute atomic E-state index is 12.2. The summed E-state index contributed by atoms with van der Waals surface area (Å²) in [7, 11) is 0. The van der Waals surface area contributed by atoms with E-state index in [2.05, 4.69) is 5.32 Å². The first-order valence-electron chi connectivity index (χ1n) is 7.38. The van der Waals surface area contributed by atoms with Crippen LogP contribution in [0.1, 0.15) is 40.0 Å². The van der Waals surface area contributed by atoms with Gasteiger partial charge in [-0.3, -0.25) is 4.79 Å². The van der Waals surface area contributed by atoms with Crippen LogP contribution in [-0.4, -0.2) is 53.8 Å². The van der Waals surface area contributed by atoms with Crippen LogP contribution in [0.3, 0.4) is 0 Å². The molecule has 20 heavy (non-hydrogen) atoms. The molecule has 0 radical (unpaired) electrons. The fourth-order valence-electron chi connectivity index (χ4n) is 2.40. The van der Waals surface area contributed by atoms with Gasteiger partial charge in [0, 0.05) is 13.1 Å². The van der Waals surface area contributed by atoms with E-state index in [1.807, 2.05) is 20.8 Å². The number of carboxylic acids is 1. The molecule has 0 aromatic heterocycles. The second-order valence-corrected chi connectivity index (χ2v) is 5.37. The molecule has 6 heteroatoms. The van der Waals surface area contributed by atoms with Crippen molar-refractivity contribution in [2.75, 3.05) is 19.7 Å². The van der Waals surface area contributed by atoms with Crippen LogP contribution in [0.5, 0.6) is 0 Å². The van der Waals surface area contributed by atoms with Crippen LogP contribution in [0, 0.1) is 5.92 Å². The molecule has 2 N–H and O–H groups in total. The van der Waals surface area contributed by atoms with Crippen LogP contribution in [-0.2, 0) is 9.53 Å². The molecule has 1 aliphatic heterocycles. The molecular formula is C14H26N2O4. The molecule has 0 spiro atoms. The Hall–Kier alpha value is -1.30. The Kier molecular flexibility index (Phi) is 6.78. The number of hydrogen-bond acceptors (Lipinski definition) is 3. The number of carboxylic acid groups (broad SMARTS) is 1. The molecule has 1 saturated heterocycles. The van der Waals surface area contributed by atoms with E-state index in [1.54, 1.807) is 4.90 Å². The van der Waals surface area contributed by atoms with Crippen LogP contribution in [0.25, 0.3) is 0 Å². The van der Waals surface area contributed by atoms with Gasteiger partial charge in [0.1, 0.15) is 0 Å². The third-order valence-electron chi connectivity index (χ3n) is 3.69. The maximum Gasteiger partial charge on any atom is 0.317 e. The van der Waals surface area contributed by atoms with Gasteiger partial charge >= 0.3 is 12.0 Å². The smallest absolute Gasteiger partial charge is 0.317 e. The van der Waals surface area contributed by atoms with Crippen LogP contribution in [0.15, 0.2) is 0 Å². The highest BCUT2D eigenvalue weighted by atomic mass is 16.5. The first-order valence-corrected chi connectivity index (χ1v) is 7.38. The van der Waals surface area contributed by atoms with Gasteiger partial charge in [0.2, 0.25) is 0 Å². The number of nitrogens with zero attached hydrogens (tertiary/aromatic N) is 1. The number of carbonyl (C=O) groups is 2. The molecule has 0 saturated carbocycles. The van der Waals surface area contributed by atoms with E-state index in [1.165, 1.54) is 0 Å². The Morgan fingerprint density at radius 3 is 2.70 bits per heavy atom. The van der Waals surface area contributed by atoms with Gasteiger partial charge in [0.25, 0.3) is 0 Å². The van der Waals surface area contributed by atoms with Crippen molar-refractivity contribution in [3.05, 3.63) is 0 Å². The Balaban J connectivity index is 2.53. The molecule has 1 fully saturated rings. The molecule has 1 rings (SSSR count). The highest BCUT2D eigenvalue weighted by Crippen LogP contribution is 2.14. The first-order chi connectivity index (χ1) is 9.49. The molecule has 6 nitrogen and oxygen atoms in total. The number of urea groups is 1. The summed E-state index contributed by atoms with van der Waals surface area (Å²) in [6, 6.07) is -0.116. The molecule has 0 aliphatic carbocycles. The second-order valence-electron chi connectivity index (χ2n) is 5.37. The minimum atomic E-state index is -0.852. The van der Waals surface area contributed by atoms with E-state index in [0.29, 0.717) is 19.6 Å². The van der Waals surface area contributed by atoms with Crippen molar-refractivity contribution in [1.29, 1.82) is 0 Å². The summed E-state index contributed by atoms with van der Waals surface area (Å²) < 4.78 is 5.55. The molecule has 3 unspecified atom stereocenters. The Morgan fingerprint density at radius 2 is 2.15 bits per heavy atom. The number of morpholine rings is 1. The number of aliphatic carboxylic acids is 1. The van der Waals surface area contributed by atoms with Crippen molar-refractivity contribution in [2.24, 2.45) is 5.92 Å². The zero-order valence-electron chi connectivity index (χ0n) is 12.6. The Bertz CT molecular complexity index is 335. The maximum atomic E-state index is 12.2. The second kappa shape index (κ2) is 8.09. The normalized spacial score (nSPS) is 24.2. The standard InChI is InChI=1S/C14H26N2O4/c1-4-6-11(13(17)18)7-15-14(19)16-8-10(3)20-9-12(16)5-2/h10-12H,4-9H2,1-3H3,(H,15,19)(H,17,18). The Labute approximate surface area is 120 Å². The number of ether oxygens (including phenoxy) is 1. The highest BCUT2D eigenvalue weighted by Gasteiger charge is 2.30. The van der Waals surface area contributed by atoms with Gasteiger partial charge in [-0.05, 0) is 19.8 Å². The van der Waals surface area contributed by atoms with Crippen LogP contribution < -0.4 is 5.32 Å². The van der Waals surface area contributed by atoms with Crippen LogP contribution in [0.2, 0.25) is 0 Å². The monoisotopic (exact) mass is 286 g/mol. The summed E-state index contributed by atoms with van der Waals surface area (Å²) in [5, 5.41) is 11.8. The van der Waals surface area contributed by atoms with E-state index in [0.717, 1.165) is 12.8 Å². The molecular weight excluding hydrogens is 260 g/mol. The third kappa shape index (κ3) is 4.67. The van der Waals surface area contributed by atoms with Gasteiger partial charge in [-0.15, -0.1) is 0 Å². The van der Waals surface area contributed by atoms with Crippen molar-refractivity contribution in [3.63, 3.8) is 0 Å². The third-order valence-corrected chi connectivity index (χ3v) is 3.69. The fourth-order valence-corrected chi connectivity index (χ4v) is 2.40. The zero-order valence-corrected chi connectivity index (χ0v) is 12.6. The lowest BCUT2D eigenvalue weighted by Crippen LogP contribution is -2.55. The van der Waals surface area contributed by atoms with Crippen molar-refractivity contribution >= 4 is 12.0 Å². The predicted octanol–water partition coefficient (Wildman–Crippen LogP) is 1.70. The molecule has 0 bridgehead atoms. The predicted molar refractivity (Wildman–Crippen MR) is 75.6 cm³/mol. The molecule has 3 atom stereocenters. The number of nitrogens with one attached hydrogen (secondary N) is 1. The molecule has 1 heterocycles. The van der Waals surface area contributed by atoms with Gasteiger partial charge < -0.3 is 20.1 Å². The number of carbonyl (C=O) groups excluding carboxylic acids is 1. The summed E-state index contributed by atoms with van der Waals surface area (Å²) in [5.74, 6) is -1.36. The topological polar surface area (TPSA) is 78.9 Å². The Morgan fingerprint density at radius 1 is 1.45 bits per heavy atom. The molecule has 2 amide bonds. The number of rotatable bonds is 6. The lowest BCUT2D eigenvalue weighted by Gasteiger charge is -2.38. The lowest BCUT2D eigenvalue weighted by atomic mass is 10.0. The zero-order chi connectivity index (χ0) is 15.1. The molecule has 0 aromatic carbocycles. The highest BCUT2D eigenvalue weighted by molar-refractivity contribution is 5.76. The first kappa shape index (κ1) is 16.8. The van der Waals surface area contributed by atoms with Gasteiger partial charge in [0.05, 0.1) is 24.7 Å². The summed E-state index contributed by atoms with van der Waals surface area (Å²) in [6.45, 7) is 7.17. The average Bonchev–Trinajstić information content (AvgIpc) is 2.42. The van der Waals surface area contributed by atoms with Crippen molar-refractivity contribution in [3.8, 4) is 0 Å². The quantitative estimate of drug-likeness (QED) is 0.779. The summed E-state index contributed by atoms with van der Waals surface area (Å²) >= 11 is 0. The minimum absolute atomic E-state index is 0.0227. The number of amides is 2. The van der Waals surface area contributed by atoms with E-state index in [9.17, 15) is 9.59 Å². The van der Waals surface area contributed by atoms with Gasteiger partial charge in [-0.1, -0.05) is 20.3 Å². The molecule has 116 valence electrons. The van der Waals surface area contributed by atoms with Crippen LogP contribution >= 0.6 is 0 Å². The van der Waals surface area contributed by atoms with Crippen LogP contribution in [0.4, 0.5) is 4.79 Å². The van der Waals surface area contributed by atoms with Gasteiger partial charge in [-0.25, -0.2) is 4.79 Å². The largest absolute Gasteiger partial charge is 0.481 e. The average molecular weight is 286 g/mol. The molecule has 0 aromatic rings. The van der Waals surface area contributed by atoms with Gasteiger partial charge in [-0.2, -0.15) is 0 Å².